The number of rotatable bonds is 4. The van der Waals surface area contributed by atoms with Crippen LogP contribution in [-0.4, -0.2) is 28.7 Å². The van der Waals surface area contributed by atoms with Gasteiger partial charge in [-0.2, -0.15) is 5.26 Å². The van der Waals surface area contributed by atoms with Gasteiger partial charge < -0.3 is 14.5 Å². The second-order valence-corrected chi connectivity index (χ2v) is 5.15. The van der Waals surface area contributed by atoms with Crippen LogP contribution in [0.5, 0.6) is 0 Å². The molecule has 1 aliphatic heterocycles. The van der Waals surface area contributed by atoms with Gasteiger partial charge in [0.25, 0.3) is 0 Å². The summed E-state index contributed by atoms with van der Waals surface area (Å²) in [5.74, 6) is 0. The van der Waals surface area contributed by atoms with Gasteiger partial charge in [-0.3, -0.25) is 10.1 Å². The first-order valence-electron chi connectivity index (χ1n) is 6.94. The van der Waals surface area contributed by atoms with Crippen molar-refractivity contribution in [3.05, 3.63) is 28.6 Å². The highest BCUT2D eigenvalue weighted by Crippen LogP contribution is 2.33. The van der Waals surface area contributed by atoms with Crippen molar-refractivity contribution in [1.29, 1.82) is 5.26 Å². The molecule has 22 heavy (non-hydrogen) atoms. The molecule has 0 bridgehead atoms. The first-order valence-corrected chi connectivity index (χ1v) is 6.94. The summed E-state index contributed by atoms with van der Waals surface area (Å²) in [6.07, 6.45) is 4.50. The molecule has 1 saturated heterocycles. The Morgan fingerprint density at radius 3 is 3.09 bits per heavy atom. The summed E-state index contributed by atoms with van der Waals surface area (Å²) in [6, 6.07) is 3.68. The number of hydrogen-bond acceptors (Lipinski definition) is 7. The monoisotopic (exact) mass is 302 g/mol. The molecule has 3 heterocycles. The van der Waals surface area contributed by atoms with Crippen molar-refractivity contribution in [3.63, 3.8) is 0 Å². The maximum Gasteiger partial charge on any atom is 0.314 e. The molecule has 2 atom stereocenters. The summed E-state index contributed by atoms with van der Waals surface area (Å²) in [5, 5.41) is 23.0. The van der Waals surface area contributed by atoms with Gasteiger partial charge in [0.15, 0.2) is 11.3 Å². The number of ether oxygens (including phenoxy) is 1. The summed E-state index contributed by atoms with van der Waals surface area (Å²) in [4.78, 5) is 14.7. The molecule has 0 spiro atoms. The smallest absolute Gasteiger partial charge is 0.314 e. The van der Waals surface area contributed by atoms with Crippen LogP contribution in [-0.2, 0) is 4.74 Å². The molecule has 0 amide bonds. The fourth-order valence-electron chi connectivity index (χ4n) is 2.57. The normalized spacial score (nSPS) is 21.4. The Balaban J connectivity index is 1.82. The molecule has 2 aromatic rings. The number of nitrogens with zero attached hydrogens (tertiary/aromatic N) is 3. The highest BCUT2D eigenvalue weighted by atomic mass is 16.6. The number of fused-ring (bicyclic) bond motifs is 1. The standard InChI is InChI=1S/C14H14N4O4/c15-5-3-10-2-1-9(8-22-10)17-13-12(18(19)20)7-16-11-4-6-21-14(11)13/h4,6-7,9-10H,1-3,8H2,(H,16,17). The molecule has 0 aromatic carbocycles. The average Bonchev–Trinajstić information content (AvgIpc) is 2.98. The van der Waals surface area contributed by atoms with Crippen molar-refractivity contribution in [2.75, 3.05) is 11.9 Å². The van der Waals surface area contributed by atoms with E-state index in [2.05, 4.69) is 16.4 Å². The van der Waals surface area contributed by atoms with E-state index in [1.807, 2.05) is 0 Å². The second kappa shape index (κ2) is 5.99. The van der Waals surface area contributed by atoms with Gasteiger partial charge >= 0.3 is 5.69 Å². The Morgan fingerprint density at radius 1 is 1.55 bits per heavy atom. The number of pyridine rings is 1. The zero-order valence-corrected chi connectivity index (χ0v) is 11.7. The molecule has 1 fully saturated rings. The molecule has 8 heteroatoms. The summed E-state index contributed by atoms with van der Waals surface area (Å²) < 4.78 is 10.9. The van der Waals surface area contributed by atoms with Crippen molar-refractivity contribution in [2.45, 2.75) is 31.4 Å². The van der Waals surface area contributed by atoms with Crippen molar-refractivity contribution in [1.82, 2.24) is 4.98 Å². The third-order valence-corrected chi connectivity index (χ3v) is 3.69. The maximum absolute atomic E-state index is 11.2. The van der Waals surface area contributed by atoms with Gasteiger partial charge in [-0.05, 0) is 12.8 Å². The molecule has 0 saturated carbocycles. The fraction of sp³-hybridized carbons (Fsp3) is 0.429. The van der Waals surface area contributed by atoms with Crippen LogP contribution in [0.15, 0.2) is 22.9 Å². The van der Waals surface area contributed by atoms with Gasteiger partial charge in [-0.15, -0.1) is 0 Å². The van der Waals surface area contributed by atoms with Crippen LogP contribution < -0.4 is 5.32 Å². The van der Waals surface area contributed by atoms with Crippen LogP contribution in [0.2, 0.25) is 0 Å². The Bertz CT molecular complexity index is 728. The van der Waals surface area contributed by atoms with Gasteiger partial charge in [-0.1, -0.05) is 0 Å². The molecule has 2 unspecified atom stereocenters. The van der Waals surface area contributed by atoms with Crippen LogP contribution in [0.25, 0.3) is 11.1 Å². The van der Waals surface area contributed by atoms with E-state index in [-0.39, 0.29) is 17.8 Å². The molecule has 1 N–H and O–H groups in total. The Morgan fingerprint density at radius 2 is 2.41 bits per heavy atom. The number of nitro groups is 1. The third kappa shape index (κ3) is 2.71. The molecule has 3 rings (SSSR count). The molecular formula is C14H14N4O4. The first-order chi connectivity index (χ1) is 10.7. The van der Waals surface area contributed by atoms with E-state index >= 15 is 0 Å². The van der Waals surface area contributed by atoms with E-state index in [0.717, 1.165) is 12.8 Å². The van der Waals surface area contributed by atoms with Crippen molar-refractivity contribution in [2.24, 2.45) is 0 Å². The minimum atomic E-state index is -0.487. The highest BCUT2D eigenvalue weighted by Gasteiger charge is 2.26. The molecular weight excluding hydrogens is 288 g/mol. The number of hydrogen-bond donors (Lipinski definition) is 1. The number of furan rings is 1. The number of nitriles is 1. The topological polar surface area (TPSA) is 114 Å². The van der Waals surface area contributed by atoms with Crippen LogP contribution in [0, 0.1) is 21.4 Å². The number of nitrogens with one attached hydrogen (secondary N) is 1. The quantitative estimate of drug-likeness (QED) is 0.681. The molecule has 0 aliphatic carbocycles. The lowest BCUT2D eigenvalue weighted by Gasteiger charge is -2.28. The average molecular weight is 302 g/mol. The van der Waals surface area contributed by atoms with Gasteiger partial charge in [0, 0.05) is 12.1 Å². The lowest BCUT2D eigenvalue weighted by atomic mass is 10.0. The minimum absolute atomic E-state index is 0.0564. The second-order valence-electron chi connectivity index (χ2n) is 5.15. The number of aromatic nitrogens is 1. The maximum atomic E-state index is 11.2. The molecule has 114 valence electrons. The largest absolute Gasteiger partial charge is 0.460 e. The van der Waals surface area contributed by atoms with Crippen LogP contribution >= 0.6 is 0 Å². The van der Waals surface area contributed by atoms with E-state index in [4.69, 9.17) is 14.4 Å². The summed E-state index contributed by atoms with van der Waals surface area (Å²) in [5.41, 5.74) is 1.13. The predicted molar refractivity (Wildman–Crippen MR) is 77.3 cm³/mol. The fourth-order valence-corrected chi connectivity index (χ4v) is 2.57. The van der Waals surface area contributed by atoms with E-state index in [1.165, 1.54) is 12.5 Å². The van der Waals surface area contributed by atoms with Gasteiger partial charge in [0.2, 0.25) is 0 Å². The van der Waals surface area contributed by atoms with E-state index in [0.29, 0.717) is 29.8 Å². The van der Waals surface area contributed by atoms with Crippen molar-refractivity contribution in [3.8, 4) is 6.07 Å². The summed E-state index contributed by atoms with van der Waals surface area (Å²) in [7, 11) is 0. The summed E-state index contributed by atoms with van der Waals surface area (Å²) >= 11 is 0. The van der Waals surface area contributed by atoms with Crippen molar-refractivity contribution >= 4 is 22.5 Å². The summed E-state index contributed by atoms with van der Waals surface area (Å²) in [6.45, 7) is 0.397. The molecule has 8 nitrogen and oxygen atoms in total. The molecule has 2 aromatic heterocycles. The van der Waals surface area contributed by atoms with Crippen LogP contribution in [0.3, 0.4) is 0 Å². The minimum Gasteiger partial charge on any atom is -0.460 e. The Hall–Kier alpha value is -2.66. The molecule has 0 radical (unpaired) electrons. The molecule has 1 aliphatic rings. The number of anilines is 1. The van der Waals surface area contributed by atoms with Gasteiger partial charge in [0.05, 0.1) is 36.4 Å². The van der Waals surface area contributed by atoms with Crippen molar-refractivity contribution < 1.29 is 14.1 Å². The van der Waals surface area contributed by atoms with Gasteiger partial charge in [0.1, 0.15) is 11.7 Å². The van der Waals surface area contributed by atoms with Crippen LogP contribution in [0.1, 0.15) is 19.3 Å². The zero-order valence-electron chi connectivity index (χ0n) is 11.7. The lowest BCUT2D eigenvalue weighted by molar-refractivity contribution is -0.384. The highest BCUT2D eigenvalue weighted by molar-refractivity contribution is 5.91. The lowest BCUT2D eigenvalue weighted by Crippen LogP contribution is -2.34. The SMILES string of the molecule is N#CCC1CCC(Nc2c([N+](=O)[O-])cnc3ccoc23)CO1. The van der Waals surface area contributed by atoms with E-state index in [9.17, 15) is 10.1 Å². The van der Waals surface area contributed by atoms with Gasteiger partial charge in [-0.25, -0.2) is 4.98 Å². The Kier molecular flexibility index (Phi) is 3.89. The first kappa shape index (κ1) is 14.3. The van der Waals surface area contributed by atoms with E-state index in [1.54, 1.807) is 6.07 Å². The third-order valence-electron chi connectivity index (χ3n) is 3.69. The zero-order chi connectivity index (χ0) is 15.5. The van der Waals surface area contributed by atoms with E-state index < -0.39 is 4.92 Å². The van der Waals surface area contributed by atoms with Crippen LogP contribution in [0.4, 0.5) is 11.4 Å². The predicted octanol–water partition coefficient (Wildman–Crippen LogP) is 2.61. The Labute approximate surface area is 125 Å².